The summed E-state index contributed by atoms with van der Waals surface area (Å²) in [4.78, 5) is 0. The van der Waals surface area contributed by atoms with Crippen LogP contribution in [0.25, 0.3) is 0 Å². The average Bonchev–Trinajstić information content (AvgIpc) is 2.76. The fourth-order valence-electron chi connectivity index (χ4n) is 1.03. The van der Waals surface area contributed by atoms with Crippen LogP contribution >= 0.6 is 34.8 Å². The van der Waals surface area contributed by atoms with E-state index in [-0.39, 0.29) is 5.89 Å². The Morgan fingerprint density at radius 1 is 1.44 bits per heavy atom. The minimum Gasteiger partial charge on any atom is -0.497 e. The third-order valence-electron chi connectivity index (χ3n) is 1.80. The molecule has 1 aromatic rings. The van der Waals surface area contributed by atoms with Crippen molar-refractivity contribution >= 4 is 34.8 Å². The fourth-order valence-corrected chi connectivity index (χ4v) is 1.26. The summed E-state index contributed by atoms with van der Waals surface area (Å²) in [6.45, 7) is 3.57. The smallest absolute Gasteiger partial charge is 0.268 e. The third kappa shape index (κ3) is 4.72. The molecule has 98 valence electrons. The average molecular weight is 310 g/mol. The molecule has 0 fully saturated rings. The largest absolute Gasteiger partial charge is 0.497 e. The highest BCUT2D eigenvalue weighted by Gasteiger charge is 2.29. The normalized spacial score (nSPS) is 13.0. The summed E-state index contributed by atoms with van der Waals surface area (Å²) in [5.41, 5.74) is 0. The Hall–Kier alpha value is -0.970. The fraction of sp³-hybridized carbons (Fsp3) is 0.273. The molecule has 0 radical (unpaired) electrons. The molecule has 1 aromatic heterocycles. The molecule has 0 spiro atoms. The first-order valence-electron chi connectivity index (χ1n) is 4.90. The molecule has 0 amide bonds. The summed E-state index contributed by atoms with van der Waals surface area (Å²) in [7, 11) is 1.56. The van der Waals surface area contributed by atoms with Gasteiger partial charge in [0.05, 0.1) is 7.11 Å². The highest BCUT2D eigenvalue weighted by Crippen LogP contribution is 2.36. The maximum atomic E-state index is 5.60. The minimum absolute atomic E-state index is 0.0514. The predicted molar refractivity (Wildman–Crippen MR) is 71.7 cm³/mol. The lowest BCUT2D eigenvalue weighted by Gasteiger charge is -2.02. The lowest BCUT2D eigenvalue weighted by Crippen LogP contribution is -1.99. The number of ether oxygens (including phenoxy) is 1. The molecule has 0 N–H and O–H groups in total. The van der Waals surface area contributed by atoms with Gasteiger partial charge in [-0.05, 0) is 12.2 Å². The van der Waals surface area contributed by atoms with Crippen molar-refractivity contribution in [2.45, 2.75) is 10.2 Å². The SMILES string of the molecule is C=C/C=C(\C=C/Cc1nnc(C(Cl)(Cl)Cl)o1)OC. The number of hydrogen-bond acceptors (Lipinski definition) is 4. The van der Waals surface area contributed by atoms with Gasteiger partial charge in [0.25, 0.3) is 9.68 Å². The van der Waals surface area contributed by atoms with Crippen molar-refractivity contribution in [3.63, 3.8) is 0 Å². The number of methoxy groups -OCH3 is 1. The lowest BCUT2D eigenvalue weighted by atomic mass is 10.3. The Kier molecular flexibility index (Phi) is 5.72. The second-order valence-corrected chi connectivity index (χ2v) is 5.40. The second kappa shape index (κ2) is 6.83. The maximum absolute atomic E-state index is 5.60. The van der Waals surface area contributed by atoms with Crippen molar-refractivity contribution in [3.05, 3.63) is 48.4 Å². The van der Waals surface area contributed by atoms with Crippen molar-refractivity contribution in [3.8, 4) is 0 Å². The molecule has 0 aromatic carbocycles. The van der Waals surface area contributed by atoms with Gasteiger partial charge in [0.15, 0.2) is 0 Å². The Morgan fingerprint density at radius 2 is 2.17 bits per heavy atom. The summed E-state index contributed by atoms with van der Waals surface area (Å²) in [6.07, 6.45) is 7.29. The molecule has 0 atom stereocenters. The summed E-state index contributed by atoms with van der Waals surface area (Å²) in [5, 5.41) is 7.38. The van der Waals surface area contributed by atoms with Crippen molar-refractivity contribution in [2.75, 3.05) is 7.11 Å². The standard InChI is InChI=1S/C11H11Cl3N2O2/c1-3-5-8(17-2)6-4-7-9-15-16-10(18-9)11(12,13)14/h3-6H,1,7H2,2H3/b6-4-,8-5+. The number of nitrogens with zero attached hydrogens (tertiary/aromatic N) is 2. The summed E-state index contributed by atoms with van der Waals surface area (Å²) < 4.78 is 8.54. The first-order valence-corrected chi connectivity index (χ1v) is 6.03. The van der Waals surface area contributed by atoms with Gasteiger partial charge in [-0.25, -0.2) is 0 Å². The van der Waals surface area contributed by atoms with E-state index < -0.39 is 3.79 Å². The topological polar surface area (TPSA) is 48.2 Å². The van der Waals surface area contributed by atoms with Crippen LogP contribution in [0.15, 0.2) is 41.1 Å². The Balaban J connectivity index is 2.64. The van der Waals surface area contributed by atoms with Crippen LogP contribution in [0.2, 0.25) is 0 Å². The van der Waals surface area contributed by atoms with E-state index >= 15 is 0 Å². The molecule has 0 bridgehead atoms. The number of allylic oxidation sites excluding steroid dienone is 4. The zero-order valence-corrected chi connectivity index (χ0v) is 11.8. The molecule has 0 saturated heterocycles. The quantitative estimate of drug-likeness (QED) is 0.472. The summed E-state index contributed by atoms with van der Waals surface area (Å²) in [5.74, 6) is 0.956. The van der Waals surface area contributed by atoms with E-state index in [9.17, 15) is 0 Å². The van der Waals surface area contributed by atoms with E-state index in [1.165, 1.54) is 0 Å². The highest BCUT2D eigenvalue weighted by molar-refractivity contribution is 6.66. The van der Waals surface area contributed by atoms with Crippen LogP contribution in [-0.2, 0) is 15.0 Å². The third-order valence-corrected chi connectivity index (χ3v) is 2.29. The van der Waals surface area contributed by atoms with E-state index in [1.54, 1.807) is 31.4 Å². The number of aromatic nitrogens is 2. The van der Waals surface area contributed by atoms with Crippen molar-refractivity contribution in [2.24, 2.45) is 0 Å². The van der Waals surface area contributed by atoms with Gasteiger partial charge in [0, 0.05) is 6.42 Å². The molecule has 0 unspecified atom stereocenters. The zero-order valence-electron chi connectivity index (χ0n) is 9.57. The summed E-state index contributed by atoms with van der Waals surface area (Å²) in [6, 6.07) is 0. The van der Waals surface area contributed by atoms with Crippen LogP contribution in [0.1, 0.15) is 11.8 Å². The van der Waals surface area contributed by atoms with Gasteiger partial charge in [-0.3, -0.25) is 0 Å². The van der Waals surface area contributed by atoms with Crippen molar-refractivity contribution < 1.29 is 9.15 Å². The van der Waals surface area contributed by atoms with E-state index in [0.717, 1.165) is 0 Å². The zero-order chi connectivity index (χ0) is 13.6. The first-order chi connectivity index (χ1) is 8.47. The molecule has 0 aliphatic rings. The second-order valence-electron chi connectivity index (χ2n) is 3.11. The molecule has 4 nitrogen and oxygen atoms in total. The lowest BCUT2D eigenvalue weighted by molar-refractivity contribution is 0.307. The van der Waals surface area contributed by atoms with Crippen molar-refractivity contribution in [1.82, 2.24) is 10.2 Å². The van der Waals surface area contributed by atoms with Gasteiger partial charge in [-0.1, -0.05) is 53.5 Å². The van der Waals surface area contributed by atoms with Crippen LogP contribution in [0.4, 0.5) is 0 Å². The van der Waals surface area contributed by atoms with Crippen LogP contribution in [0.3, 0.4) is 0 Å². The molecular weight excluding hydrogens is 298 g/mol. The van der Waals surface area contributed by atoms with Crippen LogP contribution in [0, 0.1) is 0 Å². The molecule has 18 heavy (non-hydrogen) atoms. The number of rotatable bonds is 5. The van der Waals surface area contributed by atoms with E-state index in [4.69, 9.17) is 44.0 Å². The summed E-state index contributed by atoms with van der Waals surface area (Å²) >= 11 is 16.8. The minimum atomic E-state index is -1.70. The predicted octanol–water partition coefficient (Wildman–Crippen LogP) is 3.71. The molecule has 0 aliphatic heterocycles. The van der Waals surface area contributed by atoms with Gasteiger partial charge >= 0.3 is 0 Å². The molecule has 0 aliphatic carbocycles. The molecule has 1 rings (SSSR count). The molecule has 7 heteroatoms. The maximum Gasteiger partial charge on any atom is 0.268 e. The van der Waals surface area contributed by atoms with Crippen LogP contribution in [-0.4, -0.2) is 17.3 Å². The Labute approximate surface area is 120 Å². The number of hydrogen-bond donors (Lipinski definition) is 0. The van der Waals surface area contributed by atoms with Gasteiger partial charge in [-0.15, -0.1) is 10.2 Å². The molecule has 0 saturated carbocycles. The van der Waals surface area contributed by atoms with Gasteiger partial charge in [0.2, 0.25) is 5.89 Å². The van der Waals surface area contributed by atoms with Gasteiger partial charge < -0.3 is 9.15 Å². The first kappa shape index (κ1) is 15.1. The van der Waals surface area contributed by atoms with Crippen LogP contribution < -0.4 is 0 Å². The van der Waals surface area contributed by atoms with E-state index in [1.807, 2.05) is 0 Å². The Bertz CT molecular complexity index is 461. The van der Waals surface area contributed by atoms with E-state index in [2.05, 4.69) is 16.8 Å². The molecule has 1 heterocycles. The monoisotopic (exact) mass is 308 g/mol. The molecular formula is C11H11Cl3N2O2. The number of alkyl halides is 3. The van der Waals surface area contributed by atoms with Gasteiger partial charge in [0.1, 0.15) is 5.76 Å². The van der Waals surface area contributed by atoms with Gasteiger partial charge in [-0.2, -0.15) is 0 Å². The van der Waals surface area contributed by atoms with E-state index in [0.29, 0.717) is 18.1 Å². The van der Waals surface area contributed by atoms with Crippen LogP contribution in [0.5, 0.6) is 0 Å². The number of halogens is 3. The highest BCUT2D eigenvalue weighted by atomic mass is 35.6. The Morgan fingerprint density at radius 3 is 2.67 bits per heavy atom. The van der Waals surface area contributed by atoms with Crippen molar-refractivity contribution in [1.29, 1.82) is 0 Å².